The van der Waals surface area contributed by atoms with Crippen LogP contribution in [-0.4, -0.2) is 90.0 Å². The van der Waals surface area contributed by atoms with Crippen LogP contribution in [0.1, 0.15) is 38.2 Å². The number of primary amides is 3. The molecule has 0 unspecified atom stereocenters. The fourth-order valence-electron chi connectivity index (χ4n) is 3.87. The number of carbonyl (C=O) groups excluding carboxylic acids is 8. The normalized spacial score (nSPS) is 13.2. The van der Waals surface area contributed by atoms with Gasteiger partial charge in [-0.15, -0.1) is 0 Å². The van der Waals surface area contributed by atoms with Gasteiger partial charge in [0, 0.05) is 19.8 Å². The molecule has 0 heterocycles. The summed E-state index contributed by atoms with van der Waals surface area (Å²) < 4.78 is 0. The van der Waals surface area contributed by atoms with Crippen molar-refractivity contribution in [3.63, 3.8) is 0 Å². The molecule has 16 nitrogen and oxygen atoms in total. The van der Waals surface area contributed by atoms with Gasteiger partial charge in [0.15, 0.2) is 0 Å². The van der Waals surface area contributed by atoms with Crippen LogP contribution in [0.15, 0.2) is 30.3 Å². The minimum Gasteiger partial charge on any atom is -0.370 e. The maximum absolute atomic E-state index is 13.1. The molecule has 0 aliphatic heterocycles. The van der Waals surface area contributed by atoms with Gasteiger partial charge in [0.05, 0.1) is 13.0 Å². The van der Waals surface area contributed by atoms with Gasteiger partial charge < -0.3 is 43.8 Å². The van der Waals surface area contributed by atoms with E-state index in [-0.39, 0.29) is 25.7 Å². The SMILES string of the molecule is CSCC[C@H](NC(C)=O)C(=O)N[C@@H](CC(N)=O)C(=O)NCC(=O)N[C@@H](Cc1ccccc1)C(=O)N[C@@H](CCC(N)=O)C(N)=O. The summed E-state index contributed by atoms with van der Waals surface area (Å²) in [6, 6.07) is 3.70. The Morgan fingerprint density at radius 3 is 1.89 bits per heavy atom. The third-order valence-corrected chi connectivity index (χ3v) is 6.68. The predicted molar refractivity (Wildman–Crippen MR) is 161 cm³/mol. The van der Waals surface area contributed by atoms with Crippen molar-refractivity contribution in [3.05, 3.63) is 35.9 Å². The second kappa shape index (κ2) is 19.5. The second-order valence-corrected chi connectivity index (χ2v) is 10.7. The molecule has 17 heteroatoms. The van der Waals surface area contributed by atoms with E-state index in [9.17, 15) is 38.4 Å². The Labute approximate surface area is 258 Å². The van der Waals surface area contributed by atoms with E-state index < -0.39 is 84.4 Å². The second-order valence-electron chi connectivity index (χ2n) is 9.76. The summed E-state index contributed by atoms with van der Waals surface area (Å²) in [7, 11) is 0. The highest BCUT2D eigenvalue weighted by molar-refractivity contribution is 7.98. The van der Waals surface area contributed by atoms with Gasteiger partial charge in [0.1, 0.15) is 24.2 Å². The van der Waals surface area contributed by atoms with Gasteiger partial charge in [-0.2, -0.15) is 11.8 Å². The van der Waals surface area contributed by atoms with Gasteiger partial charge in [-0.25, -0.2) is 0 Å². The highest BCUT2D eigenvalue weighted by Crippen LogP contribution is 2.06. The molecule has 1 aromatic rings. The summed E-state index contributed by atoms with van der Waals surface area (Å²) in [5, 5.41) is 12.0. The summed E-state index contributed by atoms with van der Waals surface area (Å²) in [6.07, 6.45) is 1.10. The summed E-state index contributed by atoms with van der Waals surface area (Å²) in [5.41, 5.74) is 16.4. The van der Waals surface area contributed by atoms with Crippen molar-refractivity contribution in [2.75, 3.05) is 18.6 Å². The number of rotatable bonds is 20. The largest absolute Gasteiger partial charge is 0.370 e. The number of hydrogen-bond donors (Lipinski definition) is 8. The van der Waals surface area contributed by atoms with Crippen molar-refractivity contribution in [1.29, 1.82) is 0 Å². The zero-order valence-corrected chi connectivity index (χ0v) is 25.4. The average molecular weight is 637 g/mol. The van der Waals surface area contributed by atoms with Crippen molar-refractivity contribution in [1.82, 2.24) is 26.6 Å². The monoisotopic (exact) mass is 636 g/mol. The molecule has 0 aliphatic carbocycles. The number of carbonyl (C=O) groups is 8. The van der Waals surface area contributed by atoms with Crippen LogP contribution < -0.4 is 43.8 Å². The minimum absolute atomic E-state index is 0.00536. The zero-order chi connectivity index (χ0) is 33.2. The van der Waals surface area contributed by atoms with E-state index in [0.29, 0.717) is 11.3 Å². The maximum Gasteiger partial charge on any atom is 0.243 e. The zero-order valence-electron chi connectivity index (χ0n) is 24.6. The predicted octanol–water partition coefficient (Wildman–Crippen LogP) is -3.32. The lowest BCUT2D eigenvalue weighted by molar-refractivity contribution is -0.134. The average Bonchev–Trinajstić information content (AvgIpc) is 2.95. The van der Waals surface area contributed by atoms with E-state index in [1.807, 2.05) is 6.26 Å². The Balaban J connectivity index is 2.98. The fraction of sp³-hybridized carbons (Fsp3) is 0.481. The van der Waals surface area contributed by atoms with E-state index in [1.54, 1.807) is 30.3 Å². The van der Waals surface area contributed by atoms with Crippen LogP contribution in [0.25, 0.3) is 0 Å². The third kappa shape index (κ3) is 15.0. The molecule has 1 aromatic carbocycles. The molecule has 0 saturated carbocycles. The number of benzene rings is 1. The lowest BCUT2D eigenvalue weighted by Gasteiger charge is -2.23. The molecule has 0 spiro atoms. The summed E-state index contributed by atoms with van der Waals surface area (Å²) >= 11 is 1.44. The maximum atomic E-state index is 13.1. The number of nitrogens with one attached hydrogen (secondary N) is 5. The molecule has 1 rings (SSSR count). The van der Waals surface area contributed by atoms with Gasteiger partial charge in [-0.3, -0.25) is 38.4 Å². The van der Waals surface area contributed by atoms with Crippen LogP contribution >= 0.6 is 11.8 Å². The molecule has 0 aromatic heterocycles. The van der Waals surface area contributed by atoms with Crippen LogP contribution in [0.3, 0.4) is 0 Å². The fourth-order valence-corrected chi connectivity index (χ4v) is 4.34. The van der Waals surface area contributed by atoms with Crippen molar-refractivity contribution >= 4 is 59.0 Å². The Kier molecular flexibility index (Phi) is 16.6. The van der Waals surface area contributed by atoms with Crippen LogP contribution in [0.5, 0.6) is 0 Å². The van der Waals surface area contributed by atoms with Crippen molar-refractivity contribution in [3.8, 4) is 0 Å². The molecule has 0 aliphatic rings. The quantitative estimate of drug-likeness (QED) is 0.0710. The molecule has 4 atom stereocenters. The molecule has 242 valence electrons. The molecular weight excluding hydrogens is 596 g/mol. The van der Waals surface area contributed by atoms with Crippen LogP contribution in [0, 0.1) is 0 Å². The van der Waals surface area contributed by atoms with Crippen molar-refractivity contribution in [2.24, 2.45) is 17.2 Å². The molecule has 0 saturated heterocycles. The summed E-state index contributed by atoms with van der Waals surface area (Å²) in [4.78, 5) is 97.6. The van der Waals surface area contributed by atoms with Crippen LogP contribution in [0.4, 0.5) is 0 Å². The molecular formula is C27H40N8O8S. The van der Waals surface area contributed by atoms with Crippen molar-refractivity contribution in [2.45, 2.75) is 63.2 Å². The van der Waals surface area contributed by atoms with E-state index in [4.69, 9.17) is 17.2 Å². The standard InChI is InChI=1S/C27H40N8O8S/c1-15(36)32-18(10-11-44-2)26(42)35-20(13-22(29)38)25(41)31-14-23(39)33-19(12-16-6-4-3-5-7-16)27(43)34-17(24(30)40)8-9-21(28)37/h3-7,17-20H,8-14H2,1-2H3,(H2,28,37)(H2,29,38)(H2,30,40)(H,31,41)(H,32,36)(H,33,39)(H,34,43)(H,35,42)/t17-,18-,19-,20-/m0/s1. The van der Waals surface area contributed by atoms with E-state index in [2.05, 4.69) is 26.6 Å². The molecule has 44 heavy (non-hydrogen) atoms. The van der Waals surface area contributed by atoms with Crippen LogP contribution in [0.2, 0.25) is 0 Å². The molecule has 0 radical (unpaired) electrons. The highest BCUT2D eigenvalue weighted by atomic mass is 32.2. The first-order chi connectivity index (χ1) is 20.7. The first kappa shape index (κ1) is 37.4. The Morgan fingerprint density at radius 2 is 1.34 bits per heavy atom. The van der Waals surface area contributed by atoms with Gasteiger partial charge in [-0.1, -0.05) is 30.3 Å². The minimum atomic E-state index is -1.46. The van der Waals surface area contributed by atoms with Crippen molar-refractivity contribution < 1.29 is 38.4 Å². The first-order valence-corrected chi connectivity index (χ1v) is 15.0. The Morgan fingerprint density at radius 1 is 0.727 bits per heavy atom. The molecule has 11 N–H and O–H groups in total. The van der Waals surface area contributed by atoms with Gasteiger partial charge in [0.25, 0.3) is 0 Å². The molecule has 0 bridgehead atoms. The van der Waals surface area contributed by atoms with Gasteiger partial charge in [-0.05, 0) is 30.4 Å². The van der Waals surface area contributed by atoms with E-state index >= 15 is 0 Å². The lowest BCUT2D eigenvalue weighted by Crippen LogP contribution is -2.57. The van der Waals surface area contributed by atoms with E-state index in [0.717, 1.165) is 0 Å². The van der Waals surface area contributed by atoms with E-state index in [1.165, 1.54) is 18.7 Å². The van der Waals surface area contributed by atoms with Gasteiger partial charge >= 0.3 is 0 Å². The molecule has 0 fully saturated rings. The summed E-state index contributed by atoms with van der Waals surface area (Å²) in [5.74, 6) is -5.70. The first-order valence-electron chi connectivity index (χ1n) is 13.6. The number of nitrogens with two attached hydrogens (primary N) is 3. The topological polar surface area (TPSA) is 275 Å². The lowest BCUT2D eigenvalue weighted by atomic mass is 10.0. The van der Waals surface area contributed by atoms with Gasteiger partial charge in [0.2, 0.25) is 47.3 Å². The Bertz CT molecular complexity index is 1200. The molecule has 8 amide bonds. The van der Waals surface area contributed by atoms with Crippen LogP contribution in [-0.2, 0) is 44.8 Å². The number of thioether (sulfide) groups is 1. The third-order valence-electron chi connectivity index (χ3n) is 6.04. The number of hydrogen-bond acceptors (Lipinski definition) is 9. The smallest absolute Gasteiger partial charge is 0.243 e. The number of amides is 8. The summed E-state index contributed by atoms with van der Waals surface area (Å²) in [6.45, 7) is 0.567. The highest BCUT2D eigenvalue weighted by Gasteiger charge is 2.29. The Hall–Kier alpha value is -4.67.